The molecule has 0 saturated carbocycles. The lowest BCUT2D eigenvalue weighted by atomic mass is 10.1. The molecule has 18 heavy (non-hydrogen) atoms. The first kappa shape index (κ1) is 14.3. The van der Waals surface area contributed by atoms with E-state index >= 15 is 0 Å². The van der Waals surface area contributed by atoms with Crippen molar-refractivity contribution in [3.05, 3.63) is 22.7 Å². The largest absolute Gasteiger partial charge is 0.506 e. The molecule has 0 aliphatic heterocycles. The zero-order valence-electron chi connectivity index (χ0n) is 9.73. The van der Waals surface area contributed by atoms with Gasteiger partial charge in [-0.1, -0.05) is 11.6 Å². The first-order valence-electron chi connectivity index (χ1n) is 4.93. The molecular weight excluding hydrogens is 262 g/mol. The lowest BCUT2D eigenvalue weighted by Gasteiger charge is -2.16. The molecule has 1 atom stereocenters. The molecule has 1 amide bonds. The van der Waals surface area contributed by atoms with Crippen LogP contribution in [0.4, 0.5) is 5.69 Å². The number of halogens is 1. The van der Waals surface area contributed by atoms with Crippen LogP contribution in [0, 0.1) is 0 Å². The topological polar surface area (TPSA) is 95.9 Å². The van der Waals surface area contributed by atoms with Gasteiger partial charge in [-0.3, -0.25) is 4.79 Å². The Labute approximate surface area is 108 Å². The highest BCUT2D eigenvalue weighted by Crippen LogP contribution is 2.37. The molecule has 0 fully saturated rings. The van der Waals surface area contributed by atoms with Crippen molar-refractivity contribution in [1.29, 1.82) is 0 Å². The quantitative estimate of drug-likeness (QED) is 0.568. The second kappa shape index (κ2) is 5.70. The number of ether oxygens (including phenoxy) is 1. The third kappa shape index (κ3) is 2.91. The van der Waals surface area contributed by atoms with E-state index in [0.717, 1.165) is 7.11 Å². The Morgan fingerprint density at radius 2 is 2.06 bits per heavy atom. The number of phenols is 1. The lowest BCUT2D eigenvalue weighted by Crippen LogP contribution is -2.17. The van der Waals surface area contributed by atoms with Gasteiger partial charge in [-0.15, -0.1) is 0 Å². The second-order valence-corrected chi connectivity index (χ2v) is 3.87. The predicted molar refractivity (Wildman–Crippen MR) is 64.4 cm³/mol. The fourth-order valence-corrected chi connectivity index (χ4v) is 1.65. The number of rotatable bonds is 3. The number of carbonyl (C=O) groups excluding carboxylic acids is 2. The Morgan fingerprint density at radius 3 is 2.56 bits per heavy atom. The number of nitrogens with one attached hydrogen (secondary N) is 1. The van der Waals surface area contributed by atoms with Crippen LogP contribution in [-0.4, -0.2) is 29.2 Å². The number of hydrogen-bond donors (Lipinski definition) is 3. The number of aromatic hydroxyl groups is 1. The zero-order valence-corrected chi connectivity index (χ0v) is 10.5. The molecular formula is C11H12ClNO5. The van der Waals surface area contributed by atoms with Gasteiger partial charge < -0.3 is 20.3 Å². The summed E-state index contributed by atoms with van der Waals surface area (Å²) in [4.78, 5) is 22.3. The van der Waals surface area contributed by atoms with E-state index in [0.29, 0.717) is 0 Å². The van der Waals surface area contributed by atoms with E-state index in [1.807, 2.05) is 0 Å². The number of amides is 1. The summed E-state index contributed by atoms with van der Waals surface area (Å²) in [5, 5.41) is 21.7. The van der Waals surface area contributed by atoms with Gasteiger partial charge in [0.25, 0.3) is 0 Å². The summed E-state index contributed by atoms with van der Waals surface area (Å²) in [6, 6.07) is 2.53. The van der Waals surface area contributed by atoms with Crippen LogP contribution < -0.4 is 5.32 Å². The Balaban J connectivity index is 3.35. The molecule has 98 valence electrons. The standard InChI is InChI=1S/C11H12ClNO5/c1-5(14)13-9-7(15)4-3-6(12)8(9)10(16)11(17)18-2/h3-4,10,15-16H,1-2H3,(H,13,14). The molecule has 0 heterocycles. The molecule has 1 rings (SSSR count). The summed E-state index contributed by atoms with van der Waals surface area (Å²) in [7, 11) is 1.10. The smallest absolute Gasteiger partial charge is 0.339 e. The average molecular weight is 274 g/mol. The highest BCUT2D eigenvalue weighted by molar-refractivity contribution is 6.32. The van der Waals surface area contributed by atoms with Gasteiger partial charge >= 0.3 is 5.97 Å². The fraction of sp³-hybridized carbons (Fsp3) is 0.273. The Bertz CT molecular complexity index is 489. The van der Waals surface area contributed by atoms with E-state index in [9.17, 15) is 19.8 Å². The van der Waals surface area contributed by atoms with Crippen molar-refractivity contribution in [2.24, 2.45) is 0 Å². The third-order valence-electron chi connectivity index (χ3n) is 2.17. The Hall–Kier alpha value is -1.79. The van der Waals surface area contributed by atoms with Gasteiger partial charge in [-0.05, 0) is 12.1 Å². The fourth-order valence-electron chi connectivity index (χ4n) is 1.39. The monoisotopic (exact) mass is 273 g/mol. The molecule has 0 saturated heterocycles. The number of benzene rings is 1. The Kier molecular flexibility index (Phi) is 4.52. The van der Waals surface area contributed by atoms with Gasteiger partial charge in [0, 0.05) is 17.5 Å². The zero-order chi connectivity index (χ0) is 13.9. The summed E-state index contributed by atoms with van der Waals surface area (Å²) in [5.74, 6) is -1.74. The van der Waals surface area contributed by atoms with Crippen LogP contribution in [0.3, 0.4) is 0 Å². The Morgan fingerprint density at radius 1 is 1.44 bits per heavy atom. The van der Waals surface area contributed by atoms with E-state index in [-0.39, 0.29) is 22.0 Å². The molecule has 3 N–H and O–H groups in total. The molecule has 0 radical (unpaired) electrons. The van der Waals surface area contributed by atoms with Gasteiger partial charge in [0.2, 0.25) is 5.91 Å². The van der Waals surface area contributed by atoms with E-state index in [1.54, 1.807) is 0 Å². The van der Waals surface area contributed by atoms with Crippen molar-refractivity contribution < 1.29 is 24.5 Å². The first-order chi connectivity index (χ1) is 8.38. The maximum Gasteiger partial charge on any atom is 0.339 e. The molecule has 0 aliphatic carbocycles. The first-order valence-corrected chi connectivity index (χ1v) is 5.31. The van der Waals surface area contributed by atoms with Crippen molar-refractivity contribution >= 4 is 29.2 Å². The van der Waals surface area contributed by atoms with Crippen LogP contribution in [0.25, 0.3) is 0 Å². The summed E-state index contributed by atoms with van der Waals surface area (Å²) in [6.45, 7) is 1.22. The second-order valence-electron chi connectivity index (χ2n) is 3.46. The summed E-state index contributed by atoms with van der Waals surface area (Å²) in [5.41, 5.74) is -0.230. The summed E-state index contributed by atoms with van der Waals surface area (Å²) < 4.78 is 4.38. The molecule has 1 unspecified atom stereocenters. The number of esters is 1. The van der Waals surface area contributed by atoms with E-state index in [2.05, 4.69) is 10.1 Å². The number of carbonyl (C=O) groups is 2. The molecule has 1 aromatic carbocycles. The van der Waals surface area contributed by atoms with Crippen LogP contribution in [0.5, 0.6) is 5.75 Å². The molecule has 0 bridgehead atoms. The number of phenolic OH excluding ortho intramolecular Hbond substituents is 1. The van der Waals surface area contributed by atoms with Crippen LogP contribution in [0.2, 0.25) is 5.02 Å². The molecule has 6 nitrogen and oxygen atoms in total. The molecule has 7 heteroatoms. The highest BCUT2D eigenvalue weighted by atomic mass is 35.5. The average Bonchev–Trinajstić information content (AvgIpc) is 2.31. The van der Waals surface area contributed by atoms with Crippen molar-refractivity contribution in [3.63, 3.8) is 0 Å². The van der Waals surface area contributed by atoms with Crippen molar-refractivity contribution in [2.75, 3.05) is 12.4 Å². The maximum absolute atomic E-state index is 11.3. The third-order valence-corrected chi connectivity index (χ3v) is 2.50. The summed E-state index contributed by atoms with van der Waals surface area (Å²) in [6.07, 6.45) is -1.70. The number of aliphatic hydroxyl groups is 1. The van der Waals surface area contributed by atoms with E-state index in [4.69, 9.17) is 11.6 Å². The lowest BCUT2D eigenvalue weighted by molar-refractivity contribution is -0.150. The van der Waals surface area contributed by atoms with Gasteiger partial charge in [0.05, 0.1) is 12.8 Å². The normalized spacial score (nSPS) is 11.8. The number of anilines is 1. The predicted octanol–water partition coefficient (Wildman–Crippen LogP) is 1.21. The van der Waals surface area contributed by atoms with Gasteiger partial charge in [-0.25, -0.2) is 4.79 Å². The SMILES string of the molecule is COC(=O)C(O)c1c(Cl)ccc(O)c1NC(C)=O. The minimum Gasteiger partial charge on any atom is -0.506 e. The van der Waals surface area contributed by atoms with Gasteiger partial charge in [0.15, 0.2) is 6.10 Å². The molecule has 0 aliphatic rings. The minimum atomic E-state index is -1.70. The van der Waals surface area contributed by atoms with Crippen LogP contribution in [0.15, 0.2) is 12.1 Å². The van der Waals surface area contributed by atoms with Crippen molar-refractivity contribution in [2.45, 2.75) is 13.0 Å². The van der Waals surface area contributed by atoms with Crippen LogP contribution in [0.1, 0.15) is 18.6 Å². The molecule has 0 spiro atoms. The van der Waals surface area contributed by atoms with E-state index in [1.165, 1.54) is 19.1 Å². The molecule has 0 aromatic heterocycles. The molecule has 1 aromatic rings. The van der Waals surface area contributed by atoms with Crippen LogP contribution in [-0.2, 0) is 14.3 Å². The number of aliphatic hydroxyl groups excluding tert-OH is 1. The summed E-state index contributed by atoms with van der Waals surface area (Å²) >= 11 is 5.85. The van der Waals surface area contributed by atoms with Gasteiger partial charge in [0.1, 0.15) is 5.75 Å². The maximum atomic E-state index is 11.3. The highest BCUT2D eigenvalue weighted by Gasteiger charge is 2.26. The van der Waals surface area contributed by atoms with E-state index < -0.39 is 18.0 Å². The number of hydrogen-bond acceptors (Lipinski definition) is 5. The van der Waals surface area contributed by atoms with Crippen molar-refractivity contribution in [3.8, 4) is 5.75 Å². The van der Waals surface area contributed by atoms with Gasteiger partial charge in [-0.2, -0.15) is 0 Å². The van der Waals surface area contributed by atoms with Crippen LogP contribution >= 0.6 is 11.6 Å². The number of methoxy groups -OCH3 is 1. The minimum absolute atomic E-state index is 0.0226. The van der Waals surface area contributed by atoms with Crippen molar-refractivity contribution in [1.82, 2.24) is 0 Å².